The van der Waals surface area contributed by atoms with Crippen LogP contribution in [0.1, 0.15) is 0 Å². The minimum atomic E-state index is 1.08. The average Bonchev–Trinajstić information content (AvgIpc) is 2.86. The summed E-state index contributed by atoms with van der Waals surface area (Å²) in [4.78, 5) is 0. The molecule has 0 amide bonds. The van der Waals surface area contributed by atoms with Crippen LogP contribution in [0.5, 0.6) is 0 Å². The fourth-order valence-corrected chi connectivity index (χ4v) is 3.82. The minimum Gasteiger partial charge on any atom is -0.356 e. The highest BCUT2D eigenvalue weighted by Crippen LogP contribution is 2.33. The van der Waals surface area contributed by atoms with Gasteiger partial charge < -0.3 is 5.32 Å². The van der Waals surface area contributed by atoms with Crippen LogP contribution >= 0.6 is 0 Å². The molecule has 0 unspecified atom stereocenters. The van der Waals surface area contributed by atoms with Crippen molar-refractivity contribution in [3.63, 3.8) is 0 Å². The van der Waals surface area contributed by atoms with E-state index in [1.807, 2.05) is 18.2 Å². The van der Waals surface area contributed by atoms with Crippen LogP contribution in [0.2, 0.25) is 0 Å². The van der Waals surface area contributed by atoms with Gasteiger partial charge >= 0.3 is 0 Å². The van der Waals surface area contributed by atoms with E-state index in [-0.39, 0.29) is 0 Å². The number of benzene rings is 5. The first-order valence-corrected chi connectivity index (χ1v) is 10.5. The topological polar surface area (TPSA) is 12.0 Å². The summed E-state index contributed by atoms with van der Waals surface area (Å²) in [5, 5.41) is 3.46. The van der Waals surface area contributed by atoms with E-state index in [4.69, 9.17) is 0 Å². The predicted octanol–water partition coefficient (Wildman–Crippen LogP) is 8.43. The largest absolute Gasteiger partial charge is 0.356 e. The molecule has 1 heteroatoms. The lowest BCUT2D eigenvalue weighted by Gasteiger charge is -2.12. The Bertz CT molecular complexity index is 1200. The second-order valence-corrected chi connectivity index (χ2v) is 7.60. The Hall–Kier alpha value is -4.10. The molecule has 0 aliphatic rings. The number of anilines is 2. The third-order valence-corrected chi connectivity index (χ3v) is 5.43. The molecule has 0 spiro atoms. The number of rotatable bonds is 5. The van der Waals surface area contributed by atoms with Crippen LogP contribution in [0.15, 0.2) is 133 Å². The molecular weight excluding hydrogens is 374 g/mol. The van der Waals surface area contributed by atoms with Gasteiger partial charge in [0.05, 0.1) is 0 Å². The van der Waals surface area contributed by atoms with E-state index in [1.54, 1.807) is 0 Å². The fraction of sp³-hybridized carbons (Fsp3) is 0. The lowest BCUT2D eigenvalue weighted by atomic mass is 9.93. The summed E-state index contributed by atoms with van der Waals surface area (Å²) in [6.45, 7) is 0. The van der Waals surface area contributed by atoms with Crippen molar-refractivity contribution in [2.75, 3.05) is 5.32 Å². The van der Waals surface area contributed by atoms with Crippen molar-refractivity contribution < 1.29 is 0 Å². The van der Waals surface area contributed by atoms with Crippen molar-refractivity contribution in [1.82, 2.24) is 0 Å². The molecule has 148 valence electrons. The highest BCUT2D eigenvalue weighted by molar-refractivity contribution is 5.81. The van der Waals surface area contributed by atoms with Gasteiger partial charge in [0.15, 0.2) is 0 Å². The first kappa shape index (κ1) is 18.9. The smallest absolute Gasteiger partial charge is 0.0384 e. The van der Waals surface area contributed by atoms with Gasteiger partial charge in [-0.1, -0.05) is 91.0 Å². The van der Waals surface area contributed by atoms with Crippen LogP contribution in [-0.2, 0) is 0 Å². The molecule has 1 N–H and O–H groups in total. The minimum absolute atomic E-state index is 1.08. The number of hydrogen-bond donors (Lipinski definition) is 1. The van der Waals surface area contributed by atoms with E-state index < -0.39 is 0 Å². The zero-order valence-electron chi connectivity index (χ0n) is 17.2. The first-order chi connectivity index (χ1) is 15.3. The second kappa shape index (κ2) is 8.73. The molecule has 31 heavy (non-hydrogen) atoms. The van der Waals surface area contributed by atoms with Crippen molar-refractivity contribution in [2.45, 2.75) is 0 Å². The highest BCUT2D eigenvalue weighted by Gasteiger charge is 2.07. The summed E-state index contributed by atoms with van der Waals surface area (Å²) < 4.78 is 0. The molecule has 0 radical (unpaired) electrons. The lowest BCUT2D eigenvalue weighted by Crippen LogP contribution is -1.90. The number of para-hydroxylation sites is 1. The Morgan fingerprint density at radius 1 is 0.290 bits per heavy atom. The quantitative estimate of drug-likeness (QED) is 0.314. The van der Waals surface area contributed by atoms with Crippen LogP contribution in [-0.4, -0.2) is 0 Å². The van der Waals surface area contributed by atoms with Crippen molar-refractivity contribution in [3.8, 4) is 33.4 Å². The molecule has 0 aliphatic carbocycles. The highest BCUT2D eigenvalue weighted by atomic mass is 14.9. The van der Waals surface area contributed by atoms with Crippen LogP contribution < -0.4 is 5.32 Å². The molecule has 0 aliphatic heterocycles. The third-order valence-electron chi connectivity index (χ3n) is 5.43. The van der Waals surface area contributed by atoms with E-state index in [2.05, 4.69) is 121 Å². The molecule has 0 aromatic heterocycles. The Labute approximate surface area is 183 Å². The predicted molar refractivity (Wildman–Crippen MR) is 132 cm³/mol. The molecular formula is C30H23N. The summed E-state index contributed by atoms with van der Waals surface area (Å²) in [5.74, 6) is 0. The maximum Gasteiger partial charge on any atom is 0.0384 e. The lowest BCUT2D eigenvalue weighted by molar-refractivity contribution is 1.53. The molecule has 0 bridgehead atoms. The van der Waals surface area contributed by atoms with Gasteiger partial charge in [0.2, 0.25) is 0 Å². The third kappa shape index (κ3) is 4.41. The Kier molecular flexibility index (Phi) is 5.32. The SMILES string of the molecule is c1ccc(Nc2ccc(-c3cc(-c4ccccc4)cc(-c4ccccc4)c3)cc2)cc1. The first-order valence-electron chi connectivity index (χ1n) is 10.5. The van der Waals surface area contributed by atoms with Crippen LogP contribution in [0, 0.1) is 0 Å². The van der Waals surface area contributed by atoms with Gasteiger partial charge in [0, 0.05) is 11.4 Å². The summed E-state index contributed by atoms with van der Waals surface area (Å²) in [7, 11) is 0. The van der Waals surface area contributed by atoms with E-state index in [0.717, 1.165) is 11.4 Å². The maximum absolute atomic E-state index is 3.46. The summed E-state index contributed by atoms with van der Waals surface area (Å²) in [6, 6.07) is 46.9. The molecule has 0 saturated carbocycles. The fourth-order valence-electron chi connectivity index (χ4n) is 3.82. The zero-order valence-corrected chi connectivity index (χ0v) is 17.2. The van der Waals surface area contributed by atoms with E-state index >= 15 is 0 Å². The number of hydrogen-bond acceptors (Lipinski definition) is 1. The summed E-state index contributed by atoms with van der Waals surface area (Å²) in [6.07, 6.45) is 0. The van der Waals surface area contributed by atoms with Gasteiger partial charge in [0.25, 0.3) is 0 Å². The molecule has 0 heterocycles. The Morgan fingerprint density at radius 3 is 1.10 bits per heavy atom. The van der Waals surface area contributed by atoms with E-state index in [9.17, 15) is 0 Å². The second-order valence-electron chi connectivity index (χ2n) is 7.60. The monoisotopic (exact) mass is 397 g/mol. The molecule has 1 nitrogen and oxygen atoms in total. The van der Waals surface area contributed by atoms with Gasteiger partial charge in [-0.25, -0.2) is 0 Å². The van der Waals surface area contributed by atoms with Crippen molar-refractivity contribution in [1.29, 1.82) is 0 Å². The number of nitrogens with one attached hydrogen (secondary N) is 1. The standard InChI is InChI=1S/C30H23N/c1-4-10-23(11-5-1)26-20-27(24-12-6-2-7-13-24)22-28(21-26)25-16-18-30(19-17-25)31-29-14-8-3-9-15-29/h1-22,31H. The maximum atomic E-state index is 3.46. The van der Waals surface area contributed by atoms with Crippen LogP contribution in [0.25, 0.3) is 33.4 Å². The van der Waals surface area contributed by atoms with Gasteiger partial charge in [-0.15, -0.1) is 0 Å². The normalized spacial score (nSPS) is 10.6. The molecule has 0 atom stereocenters. The van der Waals surface area contributed by atoms with E-state index in [0.29, 0.717) is 0 Å². The molecule has 5 rings (SSSR count). The molecule has 0 saturated heterocycles. The van der Waals surface area contributed by atoms with Gasteiger partial charge in [0.1, 0.15) is 0 Å². The summed E-state index contributed by atoms with van der Waals surface area (Å²) >= 11 is 0. The Morgan fingerprint density at radius 2 is 0.645 bits per heavy atom. The Balaban J connectivity index is 1.53. The summed E-state index contributed by atoms with van der Waals surface area (Å²) in [5.41, 5.74) is 9.49. The van der Waals surface area contributed by atoms with Gasteiger partial charge in [-0.2, -0.15) is 0 Å². The average molecular weight is 398 g/mol. The zero-order chi connectivity index (χ0) is 20.9. The molecule has 0 fully saturated rings. The molecule has 5 aromatic rings. The van der Waals surface area contributed by atoms with Crippen molar-refractivity contribution >= 4 is 11.4 Å². The van der Waals surface area contributed by atoms with Crippen LogP contribution in [0.3, 0.4) is 0 Å². The van der Waals surface area contributed by atoms with E-state index in [1.165, 1.54) is 33.4 Å². The van der Waals surface area contributed by atoms with Crippen molar-refractivity contribution in [3.05, 3.63) is 133 Å². The van der Waals surface area contributed by atoms with Crippen molar-refractivity contribution in [2.24, 2.45) is 0 Å². The van der Waals surface area contributed by atoms with Crippen LogP contribution in [0.4, 0.5) is 11.4 Å². The van der Waals surface area contributed by atoms with Gasteiger partial charge in [-0.3, -0.25) is 0 Å². The molecule has 5 aromatic carbocycles. The van der Waals surface area contributed by atoms with Gasteiger partial charge in [-0.05, 0) is 75.8 Å².